The summed E-state index contributed by atoms with van der Waals surface area (Å²) in [6.45, 7) is 4.69. The Kier molecular flexibility index (Phi) is 5.15. The van der Waals surface area contributed by atoms with Gasteiger partial charge in [-0.25, -0.2) is 23.1 Å². The number of amides is 1. The average Bonchev–Trinajstić information content (AvgIpc) is 2.57. The van der Waals surface area contributed by atoms with Crippen LogP contribution in [0.5, 0.6) is 0 Å². The lowest BCUT2D eigenvalue weighted by Crippen LogP contribution is -2.31. The summed E-state index contributed by atoms with van der Waals surface area (Å²) in [6, 6.07) is 3.23. The maximum absolute atomic E-state index is 13.6. The highest BCUT2D eigenvalue weighted by atomic mass is 19.2. The molecule has 2 aromatic rings. The lowest BCUT2D eigenvalue weighted by atomic mass is 10.3. The highest BCUT2D eigenvalue weighted by Gasteiger charge is 2.17. The summed E-state index contributed by atoms with van der Waals surface area (Å²) in [5.41, 5.74) is -0.203. The van der Waals surface area contributed by atoms with E-state index in [0.717, 1.165) is 12.1 Å². The van der Waals surface area contributed by atoms with E-state index in [0.29, 0.717) is 13.1 Å². The van der Waals surface area contributed by atoms with Crippen molar-refractivity contribution in [2.24, 2.45) is 0 Å². The van der Waals surface area contributed by atoms with Crippen LogP contribution in [0, 0.1) is 17.5 Å². The molecule has 23 heavy (non-hydrogen) atoms. The van der Waals surface area contributed by atoms with E-state index >= 15 is 0 Å². The van der Waals surface area contributed by atoms with Gasteiger partial charge in [0.1, 0.15) is 5.69 Å². The van der Waals surface area contributed by atoms with Crippen LogP contribution < -0.4 is 5.32 Å². The van der Waals surface area contributed by atoms with Crippen LogP contribution in [0.25, 0.3) is 0 Å². The van der Waals surface area contributed by atoms with Crippen molar-refractivity contribution in [1.29, 1.82) is 0 Å². The Morgan fingerprint density at radius 1 is 1.13 bits per heavy atom. The second-order valence-electron chi connectivity index (χ2n) is 4.59. The first-order chi connectivity index (χ1) is 11.0. The second kappa shape index (κ2) is 7.08. The molecule has 0 aliphatic rings. The Morgan fingerprint density at radius 2 is 1.83 bits per heavy atom. The summed E-state index contributed by atoms with van der Waals surface area (Å²) in [5.74, 6) is -4.65. The fraction of sp³-hybridized carbons (Fsp3) is 0.267. The third-order valence-corrected chi connectivity index (χ3v) is 3.21. The van der Waals surface area contributed by atoms with Gasteiger partial charge in [-0.15, -0.1) is 0 Å². The topological polar surface area (TPSA) is 58.1 Å². The highest BCUT2D eigenvalue weighted by molar-refractivity contribution is 5.92. The van der Waals surface area contributed by atoms with Crippen molar-refractivity contribution < 1.29 is 18.0 Å². The van der Waals surface area contributed by atoms with Crippen molar-refractivity contribution in [3.63, 3.8) is 0 Å². The number of anilines is 2. The highest BCUT2D eigenvalue weighted by Crippen LogP contribution is 2.22. The molecule has 1 amide bonds. The first-order valence-corrected chi connectivity index (χ1v) is 7.00. The summed E-state index contributed by atoms with van der Waals surface area (Å²) in [4.78, 5) is 21.6. The van der Waals surface area contributed by atoms with E-state index in [1.807, 2.05) is 13.8 Å². The Labute approximate surface area is 131 Å². The molecule has 1 N–H and O–H groups in total. The first kappa shape index (κ1) is 16.7. The van der Waals surface area contributed by atoms with Crippen molar-refractivity contribution >= 4 is 17.5 Å². The summed E-state index contributed by atoms with van der Waals surface area (Å²) in [5, 5.41) is 2.44. The summed E-state index contributed by atoms with van der Waals surface area (Å²) in [7, 11) is 0. The maximum atomic E-state index is 13.6. The van der Waals surface area contributed by atoms with Gasteiger partial charge in [0.05, 0.1) is 5.69 Å². The van der Waals surface area contributed by atoms with Gasteiger partial charge in [0.2, 0.25) is 5.95 Å². The molecule has 0 saturated carbocycles. The fourth-order valence-electron chi connectivity index (χ4n) is 1.95. The normalized spacial score (nSPS) is 10.5. The van der Waals surface area contributed by atoms with E-state index in [9.17, 15) is 18.0 Å². The molecule has 1 aromatic heterocycles. The quantitative estimate of drug-likeness (QED) is 0.859. The zero-order chi connectivity index (χ0) is 17.0. The van der Waals surface area contributed by atoms with Crippen LogP contribution in [0.1, 0.15) is 24.3 Å². The third kappa shape index (κ3) is 3.58. The molecule has 0 spiro atoms. The number of nitrogens with one attached hydrogen (secondary N) is 1. The van der Waals surface area contributed by atoms with Gasteiger partial charge >= 0.3 is 0 Å². The van der Waals surface area contributed by atoms with Gasteiger partial charge in [-0.2, -0.15) is 0 Å². The van der Waals surface area contributed by atoms with Crippen LogP contribution in [0.15, 0.2) is 24.4 Å². The van der Waals surface area contributed by atoms with E-state index in [1.165, 1.54) is 12.3 Å². The van der Waals surface area contributed by atoms with Crippen LogP contribution in [-0.4, -0.2) is 33.9 Å². The van der Waals surface area contributed by atoms with Crippen molar-refractivity contribution in [1.82, 2.24) is 14.9 Å². The molecule has 0 radical (unpaired) electrons. The van der Waals surface area contributed by atoms with Crippen molar-refractivity contribution in [2.75, 3.05) is 18.4 Å². The molecule has 0 aliphatic heterocycles. The fourth-order valence-corrected chi connectivity index (χ4v) is 1.95. The lowest BCUT2D eigenvalue weighted by molar-refractivity contribution is 0.0767. The second-order valence-corrected chi connectivity index (χ2v) is 4.59. The molecular formula is C15H15F3N4O. The molecule has 0 bridgehead atoms. The largest absolute Gasteiger partial charge is 0.338 e. The molecule has 1 aromatic carbocycles. The predicted octanol–water partition coefficient (Wildman–Crippen LogP) is 3.12. The number of carbonyl (C=O) groups excluding carboxylic acids is 1. The molecule has 2 rings (SSSR count). The van der Waals surface area contributed by atoms with Crippen LogP contribution in [0.2, 0.25) is 0 Å². The minimum Gasteiger partial charge on any atom is -0.338 e. The number of nitrogens with zero attached hydrogens (tertiary/aromatic N) is 3. The molecule has 8 heteroatoms. The van der Waals surface area contributed by atoms with Gasteiger partial charge < -0.3 is 10.2 Å². The van der Waals surface area contributed by atoms with Gasteiger partial charge in [0.25, 0.3) is 5.91 Å². The van der Waals surface area contributed by atoms with Crippen molar-refractivity contribution in [3.8, 4) is 0 Å². The average molecular weight is 324 g/mol. The SMILES string of the molecule is CCN(CC)C(=O)c1ccnc(Nc2ccc(F)c(F)c2F)n1. The number of benzene rings is 1. The monoisotopic (exact) mass is 324 g/mol. The Hall–Kier alpha value is -2.64. The molecule has 122 valence electrons. The van der Waals surface area contributed by atoms with Crippen LogP contribution in [0.4, 0.5) is 24.8 Å². The summed E-state index contributed by atoms with van der Waals surface area (Å²) in [6.07, 6.45) is 1.32. The minimum absolute atomic E-state index is 0.0899. The number of halogens is 3. The van der Waals surface area contributed by atoms with E-state index in [2.05, 4.69) is 15.3 Å². The molecule has 0 atom stereocenters. The predicted molar refractivity (Wildman–Crippen MR) is 78.9 cm³/mol. The Balaban J connectivity index is 2.27. The smallest absolute Gasteiger partial charge is 0.272 e. The Bertz CT molecular complexity index is 720. The maximum Gasteiger partial charge on any atom is 0.272 e. The summed E-state index contributed by atoms with van der Waals surface area (Å²) >= 11 is 0. The number of carbonyl (C=O) groups is 1. The van der Waals surface area contributed by atoms with Crippen LogP contribution >= 0.6 is 0 Å². The van der Waals surface area contributed by atoms with E-state index in [-0.39, 0.29) is 23.2 Å². The van der Waals surface area contributed by atoms with E-state index in [1.54, 1.807) is 4.90 Å². The van der Waals surface area contributed by atoms with Crippen LogP contribution in [-0.2, 0) is 0 Å². The molecule has 0 unspecified atom stereocenters. The van der Waals surface area contributed by atoms with Crippen molar-refractivity contribution in [3.05, 3.63) is 47.5 Å². The van der Waals surface area contributed by atoms with Gasteiger partial charge in [0, 0.05) is 19.3 Å². The van der Waals surface area contributed by atoms with Gasteiger partial charge in [-0.05, 0) is 32.0 Å². The minimum atomic E-state index is -1.59. The zero-order valence-corrected chi connectivity index (χ0v) is 12.6. The standard InChI is InChI=1S/C15H15F3N4O/c1-3-22(4-2)14(23)11-7-8-19-15(21-11)20-10-6-5-9(16)12(17)13(10)18/h5-8H,3-4H2,1-2H3,(H,19,20,21). The molecule has 1 heterocycles. The van der Waals surface area contributed by atoms with E-state index in [4.69, 9.17) is 0 Å². The molecule has 0 saturated heterocycles. The first-order valence-electron chi connectivity index (χ1n) is 7.00. The molecular weight excluding hydrogens is 309 g/mol. The third-order valence-electron chi connectivity index (χ3n) is 3.21. The molecule has 0 aliphatic carbocycles. The molecule has 0 fully saturated rings. The van der Waals surface area contributed by atoms with Gasteiger partial charge in [-0.3, -0.25) is 4.79 Å². The lowest BCUT2D eigenvalue weighted by Gasteiger charge is -2.18. The summed E-state index contributed by atoms with van der Waals surface area (Å²) < 4.78 is 39.8. The number of rotatable bonds is 5. The Morgan fingerprint density at radius 3 is 2.48 bits per heavy atom. The number of hydrogen-bond donors (Lipinski definition) is 1. The van der Waals surface area contributed by atoms with Crippen LogP contribution in [0.3, 0.4) is 0 Å². The van der Waals surface area contributed by atoms with Gasteiger partial charge in [0.15, 0.2) is 17.5 Å². The number of hydrogen-bond acceptors (Lipinski definition) is 4. The zero-order valence-electron chi connectivity index (χ0n) is 12.6. The van der Waals surface area contributed by atoms with Gasteiger partial charge in [-0.1, -0.05) is 0 Å². The van der Waals surface area contributed by atoms with E-state index < -0.39 is 17.5 Å². The van der Waals surface area contributed by atoms with Crippen molar-refractivity contribution in [2.45, 2.75) is 13.8 Å². The number of aromatic nitrogens is 2. The molecule has 5 nitrogen and oxygen atoms in total.